The van der Waals surface area contributed by atoms with Crippen LogP contribution in [0, 0.1) is 5.82 Å². The highest BCUT2D eigenvalue weighted by atomic mass is 19.1. The van der Waals surface area contributed by atoms with Crippen molar-refractivity contribution in [1.29, 1.82) is 0 Å². The Morgan fingerprint density at radius 2 is 2.35 bits per heavy atom. The lowest BCUT2D eigenvalue weighted by molar-refractivity contribution is -0.123. The largest absolute Gasteiger partial charge is 0.383 e. The third kappa shape index (κ3) is 2.66. The van der Waals surface area contributed by atoms with Crippen molar-refractivity contribution in [2.45, 2.75) is 6.10 Å². The van der Waals surface area contributed by atoms with E-state index in [0.717, 1.165) is 0 Å². The molecule has 20 heavy (non-hydrogen) atoms. The van der Waals surface area contributed by atoms with Gasteiger partial charge in [0.05, 0.1) is 12.3 Å². The van der Waals surface area contributed by atoms with Gasteiger partial charge in [0.15, 0.2) is 6.10 Å². The second-order valence-corrected chi connectivity index (χ2v) is 4.51. The van der Waals surface area contributed by atoms with Gasteiger partial charge in [0.1, 0.15) is 5.82 Å². The van der Waals surface area contributed by atoms with Gasteiger partial charge in [0.25, 0.3) is 5.91 Å². The Kier molecular flexibility index (Phi) is 4.36. The Morgan fingerprint density at radius 3 is 3.00 bits per heavy atom. The molecule has 1 unspecified atom stereocenters. The van der Waals surface area contributed by atoms with E-state index in [9.17, 15) is 14.3 Å². The summed E-state index contributed by atoms with van der Waals surface area (Å²) < 4.78 is 19.2. The van der Waals surface area contributed by atoms with Crippen molar-refractivity contribution in [1.82, 2.24) is 0 Å². The van der Waals surface area contributed by atoms with Crippen LogP contribution in [0.15, 0.2) is 24.8 Å². The molecule has 0 aromatic heterocycles. The van der Waals surface area contributed by atoms with Crippen LogP contribution in [-0.4, -0.2) is 37.8 Å². The molecule has 1 amide bonds. The molecule has 0 aliphatic carbocycles. The standard InChI is InChI=1S/C14H17FN2O3/c1-3-4-17(5-6-20-2)12-8-11-9(7-10(12)15)13(18)14(19)16-11/h3,7-8,13,18H,1,4-6H2,2H3,(H,16,19). The number of halogens is 1. The number of carbonyl (C=O) groups excluding carboxylic acids is 1. The Bertz CT molecular complexity index is 533. The summed E-state index contributed by atoms with van der Waals surface area (Å²) in [7, 11) is 1.57. The first kappa shape index (κ1) is 14.5. The van der Waals surface area contributed by atoms with E-state index in [1.54, 1.807) is 18.1 Å². The first-order chi connectivity index (χ1) is 9.58. The number of nitrogens with one attached hydrogen (secondary N) is 1. The van der Waals surface area contributed by atoms with Crippen molar-refractivity contribution in [3.8, 4) is 0 Å². The van der Waals surface area contributed by atoms with Crippen LogP contribution in [0.1, 0.15) is 11.7 Å². The summed E-state index contributed by atoms with van der Waals surface area (Å²) >= 11 is 0. The minimum Gasteiger partial charge on any atom is -0.383 e. The number of nitrogens with zero attached hydrogens (tertiary/aromatic N) is 1. The first-order valence-corrected chi connectivity index (χ1v) is 6.25. The van der Waals surface area contributed by atoms with E-state index in [-0.39, 0.29) is 5.56 Å². The average Bonchev–Trinajstić information content (AvgIpc) is 2.70. The molecule has 1 atom stereocenters. The summed E-state index contributed by atoms with van der Waals surface area (Å²) in [4.78, 5) is 13.1. The zero-order valence-electron chi connectivity index (χ0n) is 11.2. The van der Waals surface area contributed by atoms with Crippen LogP contribution in [-0.2, 0) is 9.53 Å². The highest BCUT2D eigenvalue weighted by Crippen LogP contribution is 2.35. The lowest BCUT2D eigenvalue weighted by Crippen LogP contribution is -2.28. The predicted molar refractivity (Wildman–Crippen MR) is 74.3 cm³/mol. The molecule has 1 aromatic rings. The fourth-order valence-corrected chi connectivity index (χ4v) is 2.16. The maximum absolute atomic E-state index is 14.2. The van der Waals surface area contributed by atoms with Gasteiger partial charge in [-0.25, -0.2) is 4.39 Å². The molecule has 0 saturated carbocycles. The van der Waals surface area contributed by atoms with Crippen LogP contribution >= 0.6 is 0 Å². The maximum atomic E-state index is 14.2. The molecular formula is C14H17FN2O3. The van der Waals surface area contributed by atoms with Crippen LogP contribution < -0.4 is 10.2 Å². The number of methoxy groups -OCH3 is 1. The van der Waals surface area contributed by atoms with E-state index >= 15 is 0 Å². The van der Waals surface area contributed by atoms with Gasteiger partial charge in [-0.1, -0.05) is 6.08 Å². The third-order valence-corrected chi connectivity index (χ3v) is 3.18. The van der Waals surface area contributed by atoms with Crippen LogP contribution in [0.4, 0.5) is 15.8 Å². The Hall–Kier alpha value is -1.92. The molecule has 6 heteroatoms. The highest BCUT2D eigenvalue weighted by molar-refractivity contribution is 6.02. The van der Waals surface area contributed by atoms with E-state index in [1.807, 2.05) is 0 Å². The second kappa shape index (κ2) is 6.02. The summed E-state index contributed by atoms with van der Waals surface area (Å²) in [5.74, 6) is -1.03. The van der Waals surface area contributed by atoms with E-state index < -0.39 is 17.8 Å². The molecule has 108 valence electrons. The highest BCUT2D eigenvalue weighted by Gasteiger charge is 2.30. The van der Waals surface area contributed by atoms with Crippen LogP contribution in [0.3, 0.4) is 0 Å². The Morgan fingerprint density at radius 1 is 1.60 bits per heavy atom. The summed E-state index contributed by atoms with van der Waals surface area (Å²) in [6.07, 6.45) is 0.357. The van der Waals surface area contributed by atoms with Gasteiger partial charge in [-0.3, -0.25) is 4.79 Å². The fraction of sp³-hybridized carbons (Fsp3) is 0.357. The van der Waals surface area contributed by atoms with Crippen LogP contribution in [0.2, 0.25) is 0 Å². The number of anilines is 2. The van der Waals surface area contributed by atoms with E-state index in [2.05, 4.69) is 11.9 Å². The van der Waals surface area contributed by atoms with Crippen molar-refractivity contribution in [2.75, 3.05) is 37.0 Å². The molecule has 0 fully saturated rings. The minimum absolute atomic E-state index is 0.265. The lowest BCUT2D eigenvalue weighted by atomic mass is 10.1. The molecule has 1 heterocycles. The van der Waals surface area contributed by atoms with Gasteiger partial charge in [0, 0.05) is 31.5 Å². The number of benzene rings is 1. The summed E-state index contributed by atoms with van der Waals surface area (Å²) in [5.41, 5.74) is 1.04. The Labute approximate surface area is 116 Å². The number of amides is 1. The third-order valence-electron chi connectivity index (χ3n) is 3.18. The fourth-order valence-electron chi connectivity index (χ4n) is 2.16. The second-order valence-electron chi connectivity index (χ2n) is 4.51. The number of carbonyl (C=O) groups is 1. The maximum Gasteiger partial charge on any atom is 0.257 e. The normalized spacial score (nSPS) is 16.8. The van der Waals surface area contributed by atoms with Gasteiger partial charge in [-0.15, -0.1) is 6.58 Å². The zero-order valence-corrected chi connectivity index (χ0v) is 11.2. The molecular weight excluding hydrogens is 263 g/mol. The number of fused-ring (bicyclic) bond motifs is 1. The molecule has 0 radical (unpaired) electrons. The van der Waals surface area contributed by atoms with Gasteiger partial charge in [0.2, 0.25) is 0 Å². The quantitative estimate of drug-likeness (QED) is 0.774. The molecule has 1 aliphatic heterocycles. The zero-order chi connectivity index (χ0) is 14.7. The van der Waals surface area contributed by atoms with Crippen molar-refractivity contribution in [3.63, 3.8) is 0 Å². The number of hydrogen-bond donors (Lipinski definition) is 2. The smallest absolute Gasteiger partial charge is 0.257 e. The van der Waals surface area contributed by atoms with Crippen molar-refractivity contribution in [3.05, 3.63) is 36.2 Å². The van der Waals surface area contributed by atoms with E-state index in [1.165, 1.54) is 12.1 Å². The Balaban J connectivity index is 2.34. The monoisotopic (exact) mass is 280 g/mol. The molecule has 0 saturated heterocycles. The van der Waals surface area contributed by atoms with Gasteiger partial charge in [-0.2, -0.15) is 0 Å². The number of hydrogen-bond acceptors (Lipinski definition) is 4. The number of aliphatic hydroxyl groups is 1. The molecule has 0 spiro atoms. The molecule has 2 rings (SSSR count). The molecule has 1 aliphatic rings. The van der Waals surface area contributed by atoms with E-state index in [4.69, 9.17) is 4.74 Å². The first-order valence-electron chi connectivity index (χ1n) is 6.25. The minimum atomic E-state index is -1.31. The predicted octanol–water partition coefficient (Wildman–Crippen LogP) is 1.45. The number of rotatable bonds is 6. The molecule has 0 bridgehead atoms. The topological polar surface area (TPSA) is 61.8 Å². The van der Waals surface area contributed by atoms with Crippen molar-refractivity contribution < 1.29 is 19.0 Å². The average molecular weight is 280 g/mol. The molecule has 1 aromatic carbocycles. The summed E-state index contributed by atoms with van der Waals surface area (Å²) in [5, 5.41) is 12.1. The van der Waals surface area contributed by atoms with Crippen LogP contribution in [0.25, 0.3) is 0 Å². The van der Waals surface area contributed by atoms with Gasteiger partial charge < -0.3 is 20.1 Å². The molecule has 2 N–H and O–H groups in total. The lowest BCUT2D eigenvalue weighted by Gasteiger charge is -2.24. The van der Waals surface area contributed by atoms with Gasteiger partial charge >= 0.3 is 0 Å². The SMILES string of the molecule is C=CCN(CCOC)c1cc2c(cc1F)C(O)C(=O)N2. The number of aliphatic hydroxyl groups excluding tert-OH is 1. The van der Waals surface area contributed by atoms with Crippen molar-refractivity contribution >= 4 is 17.3 Å². The summed E-state index contributed by atoms with van der Waals surface area (Å²) in [6.45, 7) is 5.04. The molecule has 5 nitrogen and oxygen atoms in total. The van der Waals surface area contributed by atoms with Gasteiger partial charge in [-0.05, 0) is 12.1 Å². The van der Waals surface area contributed by atoms with Crippen LogP contribution in [0.5, 0.6) is 0 Å². The number of ether oxygens (including phenoxy) is 1. The summed E-state index contributed by atoms with van der Waals surface area (Å²) in [6, 6.07) is 2.72. The van der Waals surface area contributed by atoms with E-state index in [0.29, 0.717) is 31.1 Å². The van der Waals surface area contributed by atoms with Crippen molar-refractivity contribution in [2.24, 2.45) is 0 Å².